The van der Waals surface area contributed by atoms with Crippen molar-refractivity contribution in [2.24, 2.45) is 0 Å². The molecule has 3 rings (SSSR count). The lowest BCUT2D eigenvalue weighted by Crippen LogP contribution is -2.12. The van der Waals surface area contributed by atoms with Crippen LogP contribution >= 0.6 is 0 Å². The minimum absolute atomic E-state index is 0.0661. The number of aryl methyl sites for hydroxylation is 2. The average molecular weight is 353 g/mol. The van der Waals surface area contributed by atoms with Gasteiger partial charge in [-0.3, -0.25) is 4.98 Å². The number of carbonyl (C=O) groups excluding carboxylic acids is 2. The highest BCUT2D eigenvalue weighted by molar-refractivity contribution is 5.98. The largest absolute Gasteiger partial charge is 0.463 e. The molecule has 6 heteroatoms. The van der Waals surface area contributed by atoms with E-state index in [2.05, 4.69) is 9.72 Å². The fourth-order valence-corrected chi connectivity index (χ4v) is 2.84. The summed E-state index contributed by atoms with van der Waals surface area (Å²) in [4.78, 5) is 28.7. The first kappa shape index (κ1) is 17.7. The average Bonchev–Trinajstić information content (AvgIpc) is 3.14. The fraction of sp³-hybridized carbons (Fsp3) is 0.250. The predicted molar refractivity (Wildman–Crippen MR) is 95.0 cm³/mol. The van der Waals surface area contributed by atoms with Crippen LogP contribution < -0.4 is 0 Å². The van der Waals surface area contributed by atoms with E-state index in [1.807, 2.05) is 38.1 Å². The first-order valence-corrected chi connectivity index (χ1v) is 8.27. The van der Waals surface area contributed by atoms with Crippen LogP contribution in [0.5, 0.6) is 0 Å². The Kier molecular flexibility index (Phi) is 5.02. The molecule has 26 heavy (non-hydrogen) atoms. The summed E-state index contributed by atoms with van der Waals surface area (Å²) in [5.41, 5.74) is 2.87. The first-order valence-electron chi connectivity index (χ1n) is 8.27. The van der Waals surface area contributed by atoms with Gasteiger partial charge in [0.05, 0.1) is 23.9 Å². The summed E-state index contributed by atoms with van der Waals surface area (Å²) < 4.78 is 15.3. The number of nitrogens with zero attached hydrogens (tertiary/aromatic N) is 1. The van der Waals surface area contributed by atoms with Crippen LogP contribution in [0.3, 0.4) is 0 Å². The predicted octanol–water partition coefficient (Wildman–Crippen LogP) is 3.84. The van der Waals surface area contributed by atoms with Gasteiger partial charge in [0.25, 0.3) is 0 Å². The number of benzene rings is 1. The van der Waals surface area contributed by atoms with Gasteiger partial charge in [-0.2, -0.15) is 0 Å². The van der Waals surface area contributed by atoms with Crippen molar-refractivity contribution in [1.82, 2.24) is 4.98 Å². The number of hydrogen-bond donors (Lipinski definition) is 0. The molecule has 0 unspecified atom stereocenters. The maximum absolute atomic E-state index is 12.7. The Morgan fingerprint density at radius 1 is 1.12 bits per heavy atom. The molecule has 0 saturated carbocycles. The molecule has 0 aliphatic rings. The van der Waals surface area contributed by atoms with Crippen LogP contribution in [0.25, 0.3) is 10.9 Å². The molecule has 6 nitrogen and oxygen atoms in total. The third-order valence-electron chi connectivity index (χ3n) is 4.16. The van der Waals surface area contributed by atoms with Crippen molar-refractivity contribution >= 4 is 22.8 Å². The third kappa shape index (κ3) is 3.31. The molecule has 0 spiro atoms. The third-order valence-corrected chi connectivity index (χ3v) is 4.16. The first-order chi connectivity index (χ1) is 12.5. The van der Waals surface area contributed by atoms with Gasteiger partial charge < -0.3 is 13.9 Å². The molecule has 0 radical (unpaired) electrons. The number of ether oxygens (including phenoxy) is 2. The summed E-state index contributed by atoms with van der Waals surface area (Å²) in [6, 6.07) is 10.7. The minimum atomic E-state index is -0.578. The Morgan fingerprint density at radius 2 is 1.88 bits per heavy atom. The van der Waals surface area contributed by atoms with Crippen LogP contribution in [-0.4, -0.2) is 24.0 Å². The number of methoxy groups -OCH3 is 1. The highest BCUT2D eigenvalue weighted by atomic mass is 16.5. The molecule has 0 aliphatic carbocycles. The minimum Gasteiger partial charge on any atom is -0.463 e. The fourth-order valence-electron chi connectivity index (χ4n) is 2.84. The molecular weight excluding hydrogens is 334 g/mol. The van der Waals surface area contributed by atoms with Gasteiger partial charge in [0.1, 0.15) is 12.4 Å². The van der Waals surface area contributed by atoms with E-state index >= 15 is 0 Å². The van der Waals surface area contributed by atoms with Gasteiger partial charge in [0, 0.05) is 5.39 Å². The number of furan rings is 1. The molecule has 0 amide bonds. The Morgan fingerprint density at radius 3 is 2.62 bits per heavy atom. The SMILES string of the molecule is CCc1nc2ccccc2c(C)c1C(=O)OCc1ccc(C(=O)OC)o1. The summed E-state index contributed by atoms with van der Waals surface area (Å²) in [7, 11) is 1.27. The van der Waals surface area contributed by atoms with Gasteiger partial charge in [0.2, 0.25) is 5.76 Å². The Bertz CT molecular complexity index is 973. The maximum atomic E-state index is 12.7. The second-order valence-electron chi connectivity index (χ2n) is 5.76. The van der Waals surface area contributed by atoms with Crippen LogP contribution in [0.4, 0.5) is 0 Å². The van der Waals surface area contributed by atoms with E-state index in [1.165, 1.54) is 13.2 Å². The van der Waals surface area contributed by atoms with Crippen molar-refractivity contribution in [3.05, 3.63) is 64.7 Å². The Hall–Kier alpha value is -3.15. The van der Waals surface area contributed by atoms with E-state index < -0.39 is 11.9 Å². The number of hydrogen-bond acceptors (Lipinski definition) is 6. The molecule has 1 aromatic carbocycles. The molecule has 0 aliphatic heterocycles. The molecular formula is C20H19NO5. The number of rotatable bonds is 5. The standard InChI is InChI=1S/C20H19NO5/c1-4-15-18(12(2)14-7-5-6-8-16(14)21-15)20(23)25-11-13-9-10-17(26-13)19(22)24-3/h5-10H,4,11H2,1-3H3. The highest BCUT2D eigenvalue weighted by Gasteiger charge is 2.20. The van der Waals surface area contributed by atoms with Gasteiger partial charge in [-0.1, -0.05) is 25.1 Å². The highest BCUT2D eigenvalue weighted by Crippen LogP contribution is 2.24. The van der Waals surface area contributed by atoms with Crippen LogP contribution in [-0.2, 0) is 22.5 Å². The summed E-state index contributed by atoms with van der Waals surface area (Å²) in [6.45, 7) is 3.76. The lowest BCUT2D eigenvalue weighted by molar-refractivity contribution is 0.0436. The molecule has 0 atom stereocenters. The van der Waals surface area contributed by atoms with Crippen molar-refractivity contribution in [2.75, 3.05) is 7.11 Å². The summed E-state index contributed by atoms with van der Waals surface area (Å²) >= 11 is 0. The number of fused-ring (bicyclic) bond motifs is 1. The molecule has 134 valence electrons. The van der Waals surface area contributed by atoms with Gasteiger partial charge in [-0.15, -0.1) is 0 Å². The maximum Gasteiger partial charge on any atom is 0.373 e. The number of esters is 2. The molecule has 2 heterocycles. The van der Waals surface area contributed by atoms with E-state index in [-0.39, 0.29) is 12.4 Å². The van der Waals surface area contributed by atoms with Crippen LogP contribution in [0, 0.1) is 6.92 Å². The van der Waals surface area contributed by atoms with E-state index in [1.54, 1.807) is 6.07 Å². The van der Waals surface area contributed by atoms with Crippen molar-refractivity contribution < 1.29 is 23.5 Å². The molecule has 2 aromatic heterocycles. The zero-order chi connectivity index (χ0) is 18.7. The number of carbonyl (C=O) groups is 2. The quantitative estimate of drug-likeness (QED) is 0.649. The van der Waals surface area contributed by atoms with Gasteiger partial charge >= 0.3 is 11.9 Å². The van der Waals surface area contributed by atoms with Crippen molar-refractivity contribution in [2.45, 2.75) is 26.9 Å². The van der Waals surface area contributed by atoms with E-state index in [9.17, 15) is 9.59 Å². The molecule has 0 N–H and O–H groups in total. The Labute approximate surface area is 150 Å². The second-order valence-corrected chi connectivity index (χ2v) is 5.76. The molecule has 3 aromatic rings. The number of para-hydroxylation sites is 1. The van der Waals surface area contributed by atoms with Gasteiger partial charge in [-0.05, 0) is 37.1 Å². The van der Waals surface area contributed by atoms with Crippen molar-refractivity contribution in [3.8, 4) is 0 Å². The lowest BCUT2D eigenvalue weighted by atomic mass is 10.0. The summed E-state index contributed by atoms with van der Waals surface area (Å²) in [6.07, 6.45) is 0.614. The van der Waals surface area contributed by atoms with Crippen LogP contribution in [0.15, 0.2) is 40.8 Å². The lowest BCUT2D eigenvalue weighted by Gasteiger charge is -2.13. The van der Waals surface area contributed by atoms with E-state index in [0.717, 1.165) is 16.5 Å². The smallest absolute Gasteiger partial charge is 0.373 e. The van der Waals surface area contributed by atoms with Gasteiger partial charge in [-0.25, -0.2) is 9.59 Å². The zero-order valence-electron chi connectivity index (χ0n) is 14.9. The van der Waals surface area contributed by atoms with E-state index in [4.69, 9.17) is 9.15 Å². The number of aromatic nitrogens is 1. The molecule has 0 saturated heterocycles. The number of pyridine rings is 1. The molecule has 0 fully saturated rings. The van der Waals surface area contributed by atoms with Crippen LogP contribution in [0.2, 0.25) is 0 Å². The second kappa shape index (κ2) is 7.39. The monoisotopic (exact) mass is 353 g/mol. The van der Waals surface area contributed by atoms with Crippen molar-refractivity contribution in [3.63, 3.8) is 0 Å². The van der Waals surface area contributed by atoms with Gasteiger partial charge in [0.15, 0.2) is 0 Å². The summed E-state index contributed by atoms with van der Waals surface area (Å²) in [5.74, 6) is -0.612. The zero-order valence-corrected chi connectivity index (χ0v) is 14.9. The van der Waals surface area contributed by atoms with Crippen molar-refractivity contribution in [1.29, 1.82) is 0 Å². The topological polar surface area (TPSA) is 78.6 Å². The normalized spacial score (nSPS) is 10.7. The Balaban J connectivity index is 1.84. The van der Waals surface area contributed by atoms with Crippen LogP contribution in [0.1, 0.15) is 44.9 Å². The summed E-state index contributed by atoms with van der Waals surface area (Å²) in [5, 5.41) is 0.919. The molecule has 0 bridgehead atoms. The van der Waals surface area contributed by atoms with E-state index in [0.29, 0.717) is 23.4 Å².